The third-order valence-electron chi connectivity index (χ3n) is 4.46. The first kappa shape index (κ1) is 19.3. The van der Waals surface area contributed by atoms with Crippen molar-refractivity contribution in [2.75, 3.05) is 11.9 Å². The van der Waals surface area contributed by atoms with Crippen molar-refractivity contribution in [2.24, 2.45) is 0 Å². The molecule has 0 spiro atoms. The van der Waals surface area contributed by atoms with E-state index in [1.54, 1.807) is 24.3 Å². The molecular weight excluding hydrogens is 358 g/mol. The number of fused-ring (bicyclic) bond motifs is 1. The highest BCUT2D eigenvalue weighted by Gasteiger charge is 2.14. The summed E-state index contributed by atoms with van der Waals surface area (Å²) >= 11 is 0. The van der Waals surface area contributed by atoms with Crippen molar-refractivity contribution in [3.8, 4) is 0 Å². The number of amides is 1. The van der Waals surface area contributed by atoms with Gasteiger partial charge in [0.25, 0.3) is 11.5 Å². The number of hydrogen-bond donors (Lipinski definition) is 2. The van der Waals surface area contributed by atoms with E-state index in [1.165, 1.54) is 0 Å². The van der Waals surface area contributed by atoms with E-state index in [4.69, 9.17) is 4.74 Å². The van der Waals surface area contributed by atoms with Crippen molar-refractivity contribution in [1.82, 2.24) is 10.2 Å². The number of nitrogens with zero attached hydrogens (tertiary/aromatic N) is 1. The Labute approximate surface area is 161 Å². The van der Waals surface area contributed by atoms with E-state index in [1.807, 2.05) is 32.0 Å². The van der Waals surface area contributed by atoms with Gasteiger partial charge < -0.3 is 10.1 Å². The highest BCUT2D eigenvalue weighted by atomic mass is 16.5. The molecule has 28 heavy (non-hydrogen) atoms. The molecule has 0 radical (unpaired) electrons. The summed E-state index contributed by atoms with van der Waals surface area (Å²) < 4.78 is 5.09. The number of para-hydroxylation sites is 1. The van der Waals surface area contributed by atoms with Crippen LogP contribution in [-0.4, -0.2) is 28.7 Å². The van der Waals surface area contributed by atoms with Crippen LogP contribution in [0.3, 0.4) is 0 Å². The zero-order valence-corrected chi connectivity index (χ0v) is 15.7. The maximum atomic E-state index is 12.2. The highest BCUT2D eigenvalue weighted by Crippen LogP contribution is 2.21. The van der Waals surface area contributed by atoms with Crippen molar-refractivity contribution in [2.45, 2.75) is 26.7 Å². The number of aryl methyl sites for hydroxylation is 2. The molecule has 1 amide bonds. The Balaban J connectivity index is 1.63. The fourth-order valence-corrected chi connectivity index (χ4v) is 3.02. The predicted octanol–water partition coefficient (Wildman–Crippen LogP) is 2.52. The molecule has 0 aliphatic carbocycles. The minimum absolute atomic E-state index is 0.144. The number of nitrogens with one attached hydrogen (secondary N) is 2. The quantitative estimate of drug-likeness (QED) is 0.641. The molecule has 0 unspecified atom stereocenters. The lowest BCUT2D eigenvalue weighted by Gasteiger charge is -2.13. The second-order valence-electron chi connectivity index (χ2n) is 6.39. The van der Waals surface area contributed by atoms with Crippen LogP contribution in [0.1, 0.15) is 23.7 Å². The normalized spacial score (nSPS) is 10.6. The SMILES string of the molecule is CCc1cccc(C)c1NC(=O)COC(=O)Cc1n[nH]c(=O)c2ccccc12. The fourth-order valence-electron chi connectivity index (χ4n) is 3.02. The average molecular weight is 379 g/mol. The summed E-state index contributed by atoms with van der Waals surface area (Å²) in [5, 5.41) is 10.1. The molecule has 144 valence electrons. The van der Waals surface area contributed by atoms with Crippen molar-refractivity contribution in [3.05, 3.63) is 69.6 Å². The number of anilines is 1. The summed E-state index contributed by atoms with van der Waals surface area (Å²) in [5.74, 6) is -1.00. The Kier molecular flexibility index (Phi) is 5.84. The van der Waals surface area contributed by atoms with Crippen LogP contribution in [-0.2, 0) is 27.2 Å². The standard InChI is InChI=1S/C21H21N3O4/c1-3-14-8-6-7-13(2)20(14)22-18(25)12-28-19(26)11-17-15-9-4-5-10-16(15)21(27)24-23-17/h4-10H,3,11-12H2,1-2H3,(H,22,25)(H,24,27). The molecule has 3 rings (SSSR count). The van der Waals surface area contributed by atoms with E-state index in [-0.39, 0.29) is 12.0 Å². The predicted molar refractivity (Wildman–Crippen MR) is 106 cm³/mol. The number of aromatic nitrogens is 2. The summed E-state index contributed by atoms with van der Waals surface area (Å²) in [6.07, 6.45) is 0.636. The van der Waals surface area contributed by atoms with Crippen molar-refractivity contribution >= 4 is 28.3 Å². The largest absolute Gasteiger partial charge is 0.455 e. The van der Waals surface area contributed by atoms with Crippen LogP contribution in [0, 0.1) is 6.92 Å². The third kappa shape index (κ3) is 4.25. The number of rotatable bonds is 6. The Morgan fingerprint density at radius 3 is 2.61 bits per heavy atom. The molecule has 2 aromatic carbocycles. The maximum Gasteiger partial charge on any atom is 0.312 e. The lowest BCUT2D eigenvalue weighted by Crippen LogP contribution is -2.23. The topological polar surface area (TPSA) is 101 Å². The van der Waals surface area contributed by atoms with E-state index >= 15 is 0 Å². The summed E-state index contributed by atoms with van der Waals surface area (Å²) in [6, 6.07) is 12.7. The lowest BCUT2D eigenvalue weighted by atomic mass is 10.1. The molecule has 0 saturated carbocycles. The molecule has 0 bridgehead atoms. The number of carbonyl (C=O) groups is 2. The van der Waals surface area contributed by atoms with Crippen molar-refractivity contribution in [1.29, 1.82) is 0 Å². The molecular formula is C21H21N3O4. The van der Waals surface area contributed by atoms with Crippen LogP contribution in [0.25, 0.3) is 10.8 Å². The first-order valence-corrected chi connectivity index (χ1v) is 9.00. The molecule has 0 saturated heterocycles. The maximum absolute atomic E-state index is 12.2. The number of ether oxygens (including phenoxy) is 1. The number of hydrogen-bond acceptors (Lipinski definition) is 5. The van der Waals surface area contributed by atoms with Crippen LogP contribution in [0.4, 0.5) is 5.69 Å². The smallest absolute Gasteiger partial charge is 0.312 e. The molecule has 2 N–H and O–H groups in total. The van der Waals surface area contributed by atoms with E-state index in [9.17, 15) is 14.4 Å². The van der Waals surface area contributed by atoms with E-state index in [0.717, 1.165) is 23.2 Å². The van der Waals surface area contributed by atoms with Gasteiger partial charge in [-0.05, 0) is 30.5 Å². The van der Waals surface area contributed by atoms with Gasteiger partial charge in [-0.3, -0.25) is 14.4 Å². The van der Waals surface area contributed by atoms with E-state index in [2.05, 4.69) is 15.5 Å². The molecule has 0 aliphatic heterocycles. The minimum Gasteiger partial charge on any atom is -0.455 e. The lowest BCUT2D eigenvalue weighted by molar-refractivity contribution is -0.146. The first-order chi connectivity index (χ1) is 13.5. The van der Waals surface area contributed by atoms with Gasteiger partial charge >= 0.3 is 5.97 Å². The van der Waals surface area contributed by atoms with Crippen LogP contribution in [0.2, 0.25) is 0 Å². The molecule has 3 aromatic rings. The van der Waals surface area contributed by atoms with Crippen LogP contribution in [0.15, 0.2) is 47.3 Å². The molecule has 7 nitrogen and oxygen atoms in total. The monoisotopic (exact) mass is 379 g/mol. The molecule has 1 heterocycles. The van der Waals surface area contributed by atoms with Gasteiger partial charge in [0.1, 0.15) is 0 Å². The van der Waals surface area contributed by atoms with Crippen LogP contribution in [0.5, 0.6) is 0 Å². The molecule has 1 aromatic heterocycles. The summed E-state index contributed by atoms with van der Waals surface area (Å²) in [6.45, 7) is 3.53. The molecule has 0 atom stereocenters. The Morgan fingerprint density at radius 1 is 1.11 bits per heavy atom. The van der Waals surface area contributed by atoms with Gasteiger partial charge in [0, 0.05) is 11.1 Å². The first-order valence-electron chi connectivity index (χ1n) is 9.00. The van der Waals surface area contributed by atoms with E-state index < -0.39 is 18.5 Å². The van der Waals surface area contributed by atoms with Gasteiger partial charge in [-0.25, -0.2) is 5.10 Å². The highest BCUT2D eigenvalue weighted by molar-refractivity contribution is 5.94. The second kappa shape index (κ2) is 8.47. The molecule has 7 heteroatoms. The molecule has 0 fully saturated rings. The van der Waals surface area contributed by atoms with Gasteiger partial charge in [0.15, 0.2) is 6.61 Å². The summed E-state index contributed by atoms with van der Waals surface area (Å²) in [7, 11) is 0. The van der Waals surface area contributed by atoms with E-state index in [0.29, 0.717) is 16.5 Å². The average Bonchev–Trinajstić information content (AvgIpc) is 2.70. The Morgan fingerprint density at radius 2 is 1.86 bits per heavy atom. The van der Waals surface area contributed by atoms with Gasteiger partial charge in [0.05, 0.1) is 17.5 Å². The molecule has 0 aliphatic rings. The summed E-state index contributed by atoms with van der Waals surface area (Å²) in [4.78, 5) is 36.1. The fraction of sp³-hybridized carbons (Fsp3) is 0.238. The number of benzene rings is 2. The zero-order chi connectivity index (χ0) is 20.1. The van der Waals surface area contributed by atoms with Crippen molar-refractivity contribution in [3.63, 3.8) is 0 Å². The number of esters is 1. The van der Waals surface area contributed by atoms with Gasteiger partial charge in [-0.1, -0.05) is 43.3 Å². The van der Waals surface area contributed by atoms with Gasteiger partial charge in [-0.15, -0.1) is 0 Å². The Bertz CT molecular complexity index is 1090. The second-order valence-corrected chi connectivity index (χ2v) is 6.39. The third-order valence-corrected chi connectivity index (χ3v) is 4.46. The van der Waals surface area contributed by atoms with Crippen LogP contribution < -0.4 is 10.9 Å². The number of H-pyrrole nitrogens is 1. The minimum atomic E-state index is -0.597. The number of aromatic amines is 1. The number of carbonyl (C=O) groups excluding carboxylic acids is 2. The Hall–Kier alpha value is -3.48. The van der Waals surface area contributed by atoms with Crippen molar-refractivity contribution < 1.29 is 14.3 Å². The van der Waals surface area contributed by atoms with Crippen LogP contribution >= 0.6 is 0 Å². The zero-order valence-electron chi connectivity index (χ0n) is 15.7. The summed E-state index contributed by atoms with van der Waals surface area (Å²) in [5.41, 5.74) is 2.79. The van der Waals surface area contributed by atoms with Gasteiger partial charge in [0.2, 0.25) is 0 Å². The van der Waals surface area contributed by atoms with Gasteiger partial charge in [-0.2, -0.15) is 5.10 Å².